The van der Waals surface area contributed by atoms with Gasteiger partial charge in [-0.3, -0.25) is 4.79 Å². The van der Waals surface area contributed by atoms with Crippen molar-refractivity contribution in [3.63, 3.8) is 0 Å². The fraction of sp³-hybridized carbons (Fsp3) is 0.533. The highest BCUT2D eigenvalue weighted by atomic mass is 16.5. The molecule has 4 nitrogen and oxygen atoms in total. The van der Waals surface area contributed by atoms with Crippen LogP contribution in [0.15, 0.2) is 24.3 Å². The van der Waals surface area contributed by atoms with Crippen LogP contribution >= 0.6 is 0 Å². The average molecular weight is 263 g/mol. The van der Waals surface area contributed by atoms with Gasteiger partial charge in [-0.15, -0.1) is 0 Å². The highest BCUT2D eigenvalue weighted by Gasteiger charge is 2.39. The van der Waals surface area contributed by atoms with Gasteiger partial charge in [0.05, 0.1) is 5.60 Å². The third kappa shape index (κ3) is 4.24. The van der Waals surface area contributed by atoms with Crippen molar-refractivity contribution in [1.82, 2.24) is 5.32 Å². The van der Waals surface area contributed by atoms with Gasteiger partial charge in [-0.25, -0.2) is 0 Å². The van der Waals surface area contributed by atoms with Crippen molar-refractivity contribution in [3.8, 4) is 5.75 Å². The van der Waals surface area contributed by atoms with Gasteiger partial charge in [0.2, 0.25) is 0 Å². The maximum absolute atomic E-state index is 11.6. The van der Waals surface area contributed by atoms with Gasteiger partial charge in [0.25, 0.3) is 5.91 Å². The first-order valence-corrected chi connectivity index (χ1v) is 6.66. The molecule has 0 aliphatic heterocycles. The third-order valence-corrected chi connectivity index (χ3v) is 3.49. The Morgan fingerprint density at radius 1 is 1.42 bits per heavy atom. The molecule has 4 heteroatoms. The minimum atomic E-state index is -0.792. The van der Waals surface area contributed by atoms with E-state index >= 15 is 0 Å². The third-order valence-electron chi connectivity index (χ3n) is 3.49. The van der Waals surface area contributed by atoms with Gasteiger partial charge < -0.3 is 15.2 Å². The molecule has 2 N–H and O–H groups in total. The first-order valence-electron chi connectivity index (χ1n) is 6.66. The summed E-state index contributed by atoms with van der Waals surface area (Å²) in [5, 5.41) is 12.8. The molecule has 1 amide bonds. The van der Waals surface area contributed by atoms with Crippen LogP contribution in [0.4, 0.5) is 0 Å². The molecule has 1 atom stereocenters. The topological polar surface area (TPSA) is 58.6 Å². The number of carbonyl (C=O) groups is 1. The van der Waals surface area contributed by atoms with Crippen LogP contribution in [0.25, 0.3) is 0 Å². The van der Waals surface area contributed by atoms with Crippen LogP contribution in [-0.4, -0.2) is 29.8 Å². The van der Waals surface area contributed by atoms with E-state index in [2.05, 4.69) is 5.32 Å². The zero-order valence-electron chi connectivity index (χ0n) is 11.5. The highest BCUT2D eigenvalue weighted by Crippen LogP contribution is 2.38. The monoisotopic (exact) mass is 263 g/mol. The van der Waals surface area contributed by atoms with E-state index in [-0.39, 0.29) is 19.1 Å². The number of nitrogens with one attached hydrogen (secondary N) is 1. The van der Waals surface area contributed by atoms with E-state index < -0.39 is 5.60 Å². The second-order valence-corrected chi connectivity index (χ2v) is 5.51. The predicted molar refractivity (Wildman–Crippen MR) is 73.0 cm³/mol. The van der Waals surface area contributed by atoms with Crippen LogP contribution in [0.2, 0.25) is 0 Å². The summed E-state index contributed by atoms with van der Waals surface area (Å²) in [5.74, 6) is 0.794. The standard InChI is InChI=1S/C15H21NO3/c1-11-3-7-13(8-4-11)19-9-14(17)16-10-15(2,18)12-5-6-12/h3-4,7-8,12,18H,5-6,9-10H2,1-2H3,(H,16,17). The first-order chi connectivity index (χ1) is 8.97. The van der Waals surface area contributed by atoms with Gasteiger partial charge in [-0.2, -0.15) is 0 Å². The van der Waals surface area contributed by atoms with E-state index in [1.807, 2.05) is 31.2 Å². The van der Waals surface area contributed by atoms with Crippen molar-refractivity contribution in [1.29, 1.82) is 0 Å². The van der Waals surface area contributed by atoms with Crippen LogP contribution in [0, 0.1) is 12.8 Å². The second kappa shape index (κ2) is 5.61. The summed E-state index contributed by atoms with van der Waals surface area (Å²) >= 11 is 0. The van der Waals surface area contributed by atoms with E-state index in [0.717, 1.165) is 18.4 Å². The zero-order valence-corrected chi connectivity index (χ0v) is 11.5. The Hall–Kier alpha value is -1.55. The van der Waals surface area contributed by atoms with Crippen molar-refractivity contribution in [3.05, 3.63) is 29.8 Å². The Balaban J connectivity index is 1.71. The maximum Gasteiger partial charge on any atom is 0.258 e. The van der Waals surface area contributed by atoms with Crippen LogP contribution < -0.4 is 10.1 Å². The number of rotatable bonds is 6. The summed E-state index contributed by atoms with van der Waals surface area (Å²) in [5.41, 5.74) is 0.358. The van der Waals surface area contributed by atoms with Crippen LogP contribution in [0.3, 0.4) is 0 Å². The van der Waals surface area contributed by atoms with E-state index in [4.69, 9.17) is 4.74 Å². The summed E-state index contributed by atoms with van der Waals surface area (Å²) in [6, 6.07) is 7.54. The number of amides is 1. The SMILES string of the molecule is Cc1ccc(OCC(=O)NCC(C)(O)C2CC2)cc1. The van der Waals surface area contributed by atoms with Gasteiger partial charge in [0.15, 0.2) is 6.61 Å². The van der Waals surface area contributed by atoms with Gasteiger partial charge in [-0.1, -0.05) is 17.7 Å². The quantitative estimate of drug-likeness (QED) is 0.820. The molecule has 0 heterocycles. The fourth-order valence-corrected chi connectivity index (χ4v) is 1.96. The molecule has 1 aliphatic carbocycles. The van der Waals surface area contributed by atoms with Crippen molar-refractivity contribution in [2.45, 2.75) is 32.3 Å². The number of benzene rings is 1. The Labute approximate surface area is 113 Å². The molecule has 1 aromatic rings. The smallest absolute Gasteiger partial charge is 0.258 e. The molecule has 0 saturated heterocycles. The molecule has 1 fully saturated rings. The largest absolute Gasteiger partial charge is 0.484 e. The Kier molecular flexibility index (Phi) is 4.10. The summed E-state index contributed by atoms with van der Waals surface area (Å²) in [6.45, 7) is 4.03. The first kappa shape index (κ1) is 13.9. The zero-order chi connectivity index (χ0) is 13.9. The van der Waals surface area contributed by atoms with E-state index in [1.54, 1.807) is 6.92 Å². The molecule has 0 spiro atoms. The fourth-order valence-electron chi connectivity index (χ4n) is 1.96. The summed E-state index contributed by atoms with van der Waals surface area (Å²) in [4.78, 5) is 11.6. The predicted octanol–water partition coefficient (Wildman–Crippen LogP) is 1.65. The number of hydrogen-bond acceptors (Lipinski definition) is 3. The normalized spacial score (nSPS) is 17.6. The lowest BCUT2D eigenvalue weighted by Gasteiger charge is -2.23. The van der Waals surface area contributed by atoms with E-state index in [9.17, 15) is 9.90 Å². The van der Waals surface area contributed by atoms with Crippen molar-refractivity contribution >= 4 is 5.91 Å². The molecule has 1 aromatic carbocycles. The number of carbonyl (C=O) groups excluding carboxylic acids is 1. The lowest BCUT2D eigenvalue weighted by Crippen LogP contribution is -2.43. The summed E-state index contributed by atoms with van der Waals surface area (Å²) in [7, 11) is 0. The molecule has 1 saturated carbocycles. The number of ether oxygens (including phenoxy) is 1. The lowest BCUT2D eigenvalue weighted by atomic mass is 10.0. The Morgan fingerprint density at radius 2 is 2.05 bits per heavy atom. The minimum absolute atomic E-state index is 0.0240. The molecule has 1 aliphatic rings. The van der Waals surface area contributed by atoms with E-state index in [1.165, 1.54) is 0 Å². The molecular formula is C15H21NO3. The highest BCUT2D eigenvalue weighted by molar-refractivity contribution is 5.77. The van der Waals surface area contributed by atoms with Crippen molar-refractivity contribution in [2.75, 3.05) is 13.2 Å². The van der Waals surface area contributed by atoms with Crippen molar-refractivity contribution in [2.24, 2.45) is 5.92 Å². The summed E-state index contributed by atoms with van der Waals surface area (Å²) in [6.07, 6.45) is 2.09. The molecule has 104 valence electrons. The minimum Gasteiger partial charge on any atom is -0.484 e. The Morgan fingerprint density at radius 3 is 2.63 bits per heavy atom. The number of aryl methyl sites for hydroxylation is 1. The second-order valence-electron chi connectivity index (χ2n) is 5.51. The van der Waals surface area contributed by atoms with Gasteiger partial charge >= 0.3 is 0 Å². The van der Waals surface area contributed by atoms with Crippen LogP contribution in [0.5, 0.6) is 5.75 Å². The molecule has 0 radical (unpaired) electrons. The molecule has 2 rings (SSSR count). The summed E-state index contributed by atoms with van der Waals surface area (Å²) < 4.78 is 5.37. The van der Waals surface area contributed by atoms with Crippen molar-refractivity contribution < 1.29 is 14.6 Å². The van der Waals surface area contributed by atoms with Gasteiger partial charge in [0.1, 0.15) is 5.75 Å². The lowest BCUT2D eigenvalue weighted by molar-refractivity contribution is -0.124. The van der Waals surface area contributed by atoms with Gasteiger partial charge in [-0.05, 0) is 44.7 Å². The number of aliphatic hydroxyl groups is 1. The molecule has 0 bridgehead atoms. The van der Waals surface area contributed by atoms with Crippen LogP contribution in [-0.2, 0) is 4.79 Å². The molecule has 1 unspecified atom stereocenters. The molecule has 0 aromatic heterocycles. The molecule has 19 heavy (non-hydrogen) atoms. The van der Waals surface area contributed by atoms with Gasteiger partial charge in [0, 0.05) is 6.54 Å². The maximum atomic E-state index is 11.6. The van der Waals surface area contributed by atoms with Crippen LogP contribution in [0.1, 0.15) is 25.3 Å². The molecular weight excluding hydrogens is 242 g/mol. The average Bonchev–Trinajstić information content (AvgIpc) is 3.20. The number of hydrogen-bond donors (Lipinski definition) is 2. The Bertz CT molecular complexity index is 435. The van der Waals surface area contributed by atoms with E-state index in [0.29, 0.717) is 11.7 Å².